The summed E-state index contributed by atoms with van der Waals surface area (Å²) >= 11 is 1.08. The molecule has 0 aromatic carbocycles. The Kier molecular flexibility index (Phi) is 4.38. The predicted octanol–water partition coefficient (Wildman–Crippen LogP) is 1.18. The summed E-state index contributed by atoms with van der Waals surface area (Å²) in [7, 11) is 0. The number of hydrogen-bond donors (Lipinski definition) is 0. The Labute approximate surface area is 52.9 Å². The van der Waals surface area contributed by atoms with Crippen LogP contribution in [0.1, 0.15) is 13.3 Å². The third kappa shape index (κ3) is 3.69. The largest absolute Gasteiger partial charge is 0.287 e. The highest BCUT2D eigenvalue weighted by Gasteiger charge is 1.94. The summed E-state index contributed by atoms with van der Waals surface area (Å²) in [5.41, 5.74) is 0. The van der Waals surface area contributed by atoms with Gasteiger partial charge >= 0.3 is 0 Å². The molecule has 0 N–H and O–H groups in total. The zero-order valence-electron chi connectivity index (χ0n) is 4.68. The molecule has 3 heteroatoms. The summed E-state index contributed by atoms with van der Waals surface area (Å²) < 4.78 is 0. The van der Waals surface area contributed by atoms with Gasteiger partial charge in [0, 0.05) is 6.42 Å². The van der Waals surface area contributed by atoms with Crippen molar-refractivity contribution in [1.29, 1.82) is 5.26 Å². The van der Waals surface area contributed by atoms with Crippen LogP contribution in [0, 0.1) is 11.3 Å². The fraction of sp³-hybridized carbons (Fsp3) is 0.600. The number of carbonyl (C=O) groups excluding carboxylic acids is 1. The molecule has 0 spiro atoms. The lowest BCUT2D eigenvalue weighted by Crippen LogP contribution is -1.86. The average Bonchev–Trinajstić information content (AvgIpc) is 1.83. The van der Waals surface area contributed by atoms with E-state index in [4.69, 9.17) is 5.26 Å². The molecule has 8 heavy (non-hydrogen) atoms. The summed E-state index contributed by atoms with van der Waals surface area (Å²) in [5, 5.41) is 8.08. The first-order valence-electron chi connectivity index (χ1n) is 2.33. The Balaban J connectivity index is 3.15. The molecule has 0 amide bonds. The van der Waals surface area contributed by atoms with Crippen molar-refractivity contribution in [2.75, 3.05) is 5.75 Å². The zero-order valence-corrected chi connectivity index (χ0v) is 5.49. The van der Waals surface area contributed by atoms with E-state index in [2.05, 4.69) is 0 Å². The molecular formula is C5H7NOS. The molecule has 0 saturated heterocycles. The molecule has 44 valence electrons. The van der Waals surface area contributed by atoms with Crippen LogP contribution in [0.3, 0.4) is 0 Å². The highest BCUT2D eigenvalue weighted by atomic mass is 32.2. The molecule has 0 aliphatic carbocycles. The first-order valence-corrected chi connectivity index (χ1v) is 3.32. The van der Waals surface area contributed by atoms with Gasteiger partial charge in [-0.3, -0.25) is 4.79 Å². The Bertz CT molecular complexity index is 116. The van der Waals surface area contributed by atoms with E-state index < -0.39 is 0 Å². The Morgan fingerprint density at radius 1 is 1.88 bits per heavy atom. The topological polar surface area (TPSA) is 40.9 Å². The van der Waals surface area contributed by atoms with Crippen LogP contribution in [0.5, 0.6) is 0 Å². The highest BCUT2D eigenvalue weighted by Crippen LogP contribution is 2.01. The van der Waals surface area contributed by atoms with E-state index in [1.54, 1.807) is 6.92 Å². The van der Waals surface area contributed by atoms with Crippen LogP contribution >= 0.6 is 11.8 Å². The van der Waals surface area contributed by atoms with Gasteiger partial charge in [0.15, 0.2) is 5.12 Å². The smallest absolute Gasteiger partial charge is 0.189 e. The molecule has 0 saturated carbocycles. The molecule has 0 bridgehead atoms. The molecule has 0 aromatic rings. The molecule has 0 aliphatic heterocycles. The van der Waals surface area contributed by atoms with Gasteiger partial charge in [0.25, 0.3) is 0 Å². The summed E-state index contributed by atoms with van der Waals surface area (Å²) in [6, 6.07) is 1.88. The summed E-state index contributed by atoms with van der Waals surface area (Å²) in [4.78, 5) is 10.4. The molecule has 0 aromatic heterocycles. The molecule has 0 unspecified atom stereocenters. The van der Waals surface area contributed by atoms with Crippen LogP contribution in [0.4, 0.5) is 0 Å². The molecule has 2 nitrogen and oxygen atoms in total. The van der Waals surface area contributed by atoms with Crippen molar-refractivity contribution in [1.82, 2.24) is 0 Å². The lowest BCUT2D eigenvalue weighted by Gasteiger charge is -1.85. The van der Waals surface area contributed by atoms with E-state index in [0.717, 1.165) is 11.8 Å². The maximum Gasteiger partial charge on any atom is 0.189 e. The second kappa shape index (κ2) is 4.66. The molecule has 0 radical (unpaired) electrons. The second-order valence-electron chi connectivity index (χ2n) is 1.17. The Morgan fingerprint density at radius 3 is 2.88 bits per heavy atom. The summed E-state index contributed by atoms with van der Waals surface area (Å²) in [6.45, 7) is 1.78. The van der Waals surface area contributed by atoms with Gasteiger partial charge in [-0.1, -0.05) is 18.7 Å². The van der Waals surface area contributed by atoms with E-state index in [1.165, 1.54) is 0 Å². The minimum atomic E-state index is 0.0894. The van der Waals surface area contributed by atoms with Crippen LogP contribution in [-0.2, 0) is 4.79 Å². The lowest BCUT2D eigenvalue weighted by atomic mass is 10.6. The maximum atomic E-state index is 10.4. The maximum absolute atomic E-state index is 10.4. The van der Waals surface area contributed by atoms with Gasteiger partial charge < -0.3 is 0 Å². The Morgan fingerprint density at radius 2 is 2.50 bits per heavy atom. The van der Waals surface area contributed by atoms with Crippen molar-refractivity contribution < 1.29 is 4.79 Å². The number of carbonyl (C=O) groups is 1. The van der Waals surface area contributed by atoms with E-state index in [0.29, 0.717) is 6.42 Å². The van der Waals surface area contributed by atoms with Gasteiger partial charge in [-0.15, -0.1) is 0 Å². The Hall–Kier alpha value is -0.490. The van der Waals surface area contributed by atoms with E-state index >= 15 is 0 Å². The van der Waals surface area contributed by atoms with E-state index in [9.17, 15) is 4.79 Å². The number of thioether (sulfide) groups is 1. The number of rotatable bonds is 2. The zero-order chi connectivity index (χ0) is 6.41. The third-order valence-corrected chi connectivity index (χ3v) is 1.47. The lowest BCUT2D eigenvalue weighted by molar-refractivity contribution is -0.110. The van der Waals surface area contributed by atoms with Gasteiger partial charge in [-0.2, -0.15) is 5.26 Å². The predicted molar refractivity (Wildman–Crippen MR) is 33.4 cm³/mol. The molecule has 0 fully saturated rings. The second-order valence-corrected chi connectivity index (χ2v) is 2.21. The standard InChI is InChI=1S/C5H7NOS/c1-2-5(7)8-4-3-6/h2,4H2,1H3. The fourth-order valence-corrected chi connectivity index (χ4v) is 0.644. The number of nitrogens with zero attached hydrogens (tertiary/aromatic N) is 1. The van der Waals surface area contributed by atoms with Gasteiger partial charge in [-0.05, 0) is 0 Å². The van der Waals surface area contributed by atoms with Gasteiger partial charge in [0.2, 0.25) is 0 Å². The van der Waals surface area contributed by atoms with Crippen molar-refractivity contribution in [2.24, 2.45) is 0 Å². The quantitative estimate of drug-likeness (QED) is 0.562. The number of nitriles is 1. The molecule has 0 atom stereocenters. The van der Waals surface area contributed by atoms with Crippen molar-refractivity contribution in [3.05, 3.63) is 0 Å². The molecular weight excluding hydrogens is 122 g/mol. The van der Waals surface area contributed by atoms with Crippen LogP contribution in [0.25, 0.3) is 0 Å². The minimum absolute atomic E-state index is 0.0894. The van der Waals surface area contributed by atoms with Crippen LogP contribution in [0.15, 0.2) is 0 Å². The molecule has 0 heterocycles. The van der Waals surface area contributed by atoms with Gasteiger partial charge in [0.1, 0.15) is 0 Å². The third-order valence-electron chi connectivity index (χ3n) is 0.586. The van der Waals surface area contributed by atoms with E-state index in [1.807, 2.05) is 6.07 Å². The van der Waals surface area contributed by atoms with Gasteiger partial charge in [-0.25, -0.2) is 0 Å². The van der Waals surface area contributed by atoms with Crippen molar-refractivity contribution >= 4 is 16.9 Å². The van der Waals surface area contributed by atoms with Crippen LogP contribution in [-0.4, -0.2) is 10.9 Å². The van der Waals surface area contributed by atoms with E-state index in [-0.39, 0.29) is 10.9 Å². The van der Waals surface area contributed by atoms with Crippen molar-refractivity contribution in [3.8, 4) is 6.07 Å². The first kappa shape index (κ1) is 7.51. The number of hydrogen-bond acceptors (Lipinski definition) is 3. The SMILES string of the molecule is CCC(=O)SCC#N. The monoisotopic (exact) mass is 129 g/mol. The van der Waals surface area contributed by atoms with Crippen molar-refractivity contribution in [2.45, 2.75) is 13.3 Å². The van der Waals surface area contributed by atoms with Crippen LogP contribution < -0.4 is 0 Å². The normalized spacial score (nSPS) is 8.00. The average molecular weight is 129 g/mol. The minimum Gasteiger partial charge on any atom is -0.287 e. The van der Waals surface area contributed by atoms with Crippen LogP contribution in [0.2, 0.25) is 0 Å². The molecule has 0 rings (SSSR count). The molecule has 0 aliphatic rings. The first-order chi connectivity index (χ1) is 3.81. The summed E-state index contributed by atoms with van der Waals surface area (Å²) in [5.74, 6) is 0.284. The van der Waals surface area contributed by atoms with Crippen molar-refractivity contribution in [3.63, 3.8) is 0 Å². The van der Waals surface area contributed by atoms with Gasteiger partial charge in [0.05, 0.1) is 11.8 Å². The highest BCUT2D eigenvalue weighted by molar-refractivity contribution is 8.13. The summed E-state index contributed by atoms with van der Waals surface area (Å²) in [6.07, 6.45) is 0.520. The fourth-order valence-electron chi connectivity index (χ4n) is 0.215.